The molecule has 0 aliphatic heterocycles. The standard InChI is InChI=1S/C21H17N3O10S3/c1-22-12-6-7-13-11(9-12)5-8-16(20(13)25)23-24-19-18(36(29,30)31)10-15-14(21(19)37(32,33)34)3-2-4-17(15)35(26,27)28/h2-10,22,25H,1H3,(H,26,27,28)(H,29,30,31)(H,32,33,34). The van der Waals surface area contributed by atoms with Gasteiger partial charge in [0.25, 0.3) is 30.4 Å². The maximum absolute atomic E-state index is 12.3. The van der Waals surface area contributed by atoms with Crippen LogP contribution < -0.4 is 5.32 Å². The Morgan fingerprint density at radius 2 is 1.38 bits per heavy atom. The minimum Gasteiger partial charge on any atom is -0.505 e. The van der Waals surface area contributed by atoms with E-state index in [-0.39, 0.29) is 11.4 Å². The van der Waals surface area contributed by atoms with Crippen LogP contribution in [0.15, 0.2) is 79.5 Å². The Bertz CT molecular complexity index is 1950. The molecular weight excluding hydrogens is 550 g/mol. The highest BCUT2D eigenvalue weighted by atomic mass is 32.2. The van der Waals surface area contributed by atoms with Crippen LogP contribution in [-0.4, -0.2) is 51.1 Å². The minimum atomic E-state index is -5.34. The molecule has 0 saturated carbocycles. The summed E-state index contributed by atoms with van der Waals surface area (Å²) in [5.41, 5.74) is -0.536. The molecule has 0 amide bonds. The summed E-state index contributed by atoms with van der Waals surface area (Å²) in [6.07, 6.45) is 0. The van der Waals surface area contributed by atoms with Gasteiger partial charge in [0.05, 0.1) is 0 Å². The van der Waals surface area contributed by atoms with Crippen molar-refractivity contribution in [2.75, 3.05) is 12.4 Å². The first-order chi connectivity index (χ1) is 17.1. The maximum Gasteiger partial charge on any atom is 0.297 e. The molecule has 0 unspecified atom stereocenters. The van der Waals surface area contributed by atoms with E-state index >= 15 is 0 Å². The van der Waals surface area contributed by atoms with Crippen molar-refractivity contribution in [3.8, 4) is 5.75 Å². The molecule has 4 aromatic carbocycles. The molecule has 4 rings (SSSR count). The van der Waals surface area contributed by atoms with Gasteiger partial charge in [-0.3, -0.25) is 13.7 Å². The molecule has 0 atom stereocenters. The zero-order valence-corrected chi connectivity index (χ0v) is 21.0. The van der Waals surface area contributed by atoms with Gasteiger partial charge in [0.2, 0.25) is 0 Å². The van der Waals surface area contributed by atoms with Gasteiger partial charge < -0.3 is 10.4 Å². The maximum atomic E-state index is 12.3. The molecule has 0 spiro atoms. The lowest BCUT2D eigenvalue weighted by Gasteiger charge is -2.13. The quantitative estimate of drug-likeness (QED) is 0.166. The highest BCUT2D eigenvalue weighted by Gasteiger charge is 2.30. The summed E-state index contributed by atoms with van der Waals surface area (Å²) in [5.74, 6) is -0.389. The van der Waals surface area contributed by atoms with Crippen LogP contribution in [0, 0.1) is 0 Å². The third-order valence-electron chi connectivity index (χ3n) is 5.36. The SMILES string of the molecule is CNc1ccc2c(O)c(N=Nc3c(S(=O)(=O)O)cc4c(S(=O)(=O)O)cccc4c3S(=O)(=O)O)ccc2c1. The van der Waals surface area contributed by atoms with Crippen LogP contribution >= 0.6 is 0 Å². The second-order valence-electron chi connectivity index (χ2n) is 7.65. The third-order valence-corrected chi connectivity index (χ3v) is 8.07. The number of hydrogen-bond donors (Lipinski definition) is 5. The van der Waals surface area contributed by atoms with Crippen LogP contribution in [0.5, 0.6) is 5.75 Å². The Morgan fingerprint density at radius 3 is 1.97 bits per heavy atom. The fourth-order valence-corrected chi connectivity index (χ4v) is 6.02. The lowest BCUT2D eigenvalue weighted by atomic mass is 10.1. The summed E-state index contributed by atoms with van der Waals surface area (Å²) in [4.78, 5) is -3.33. The summed E-state index contributed by atoms with van der Waals surface area (Å²) < 4.78 is 102. The van der Waals surface area contributed by atoms with Crippen molar-refractivity contribution in [1.29, 1.82) is 0 Å². The minimum absolute atomic E-state index is 0.223. The average molecular weight is 568 g/mol. The van der Waals surface area contributed by atoms with E-state index in [0.29, 0.717) is 16.8 Å². The number of phenols is 1. The van der Waals surface area contributed by atoms with Crippen molar-refractivity contribution in [3.05, 3.63) is 54.6 Å². The predicted molar refractivity (Wildman–Crippen MR) is 133 cm³/mol. The van der Waals surface area contributed by atoms with Gasteiger partial charge in [0.15, 0.2) is 5.75 Å². The van der Waals surface area contributed by atoms with Gasteiger partial charge in [-0.05, 0) is 41.8 Å². The Balaban J connectivity index is 2.07. The average Bonchev–Trinajstić information content (AvgIpc) is 2.80. The van der Waals surface area contributed by atoms with Crippen LogP contribution in [0.4, 0.5) is 17.1 Å². The van der Waals surface area contributed by atoms with Crippen LogP contribution in [0.1, 0.15) is 0 Å². The van der Waals surface area contributed by atoms with Crippen LogP contribution in [0.2, 0.25) is 0 Å². The molecule has 194 valence electrons. The van der Waals surface area contributed by atoms with E-state index in [1.165, 1.54) is 6.07 Å². The van der Waals surface area contributed by atoms with Crippen molar-refractivity contribution in [1.82, 2.24) is 0 Å². The molecular formula is C21H17N3O10S3. The summed E-state index contributed by atoms with van der Waals surface area (Å²) >= 11 is 0. The molecule has 0 aromatic heterocycles. The molecule has 0 saturated heterocycles. The van der Waals surface area contributed by atoms with E-state index in [1.807, 2.05) is 0 Å². The number of fused-ring (bicyclic) bond motifs is 2. The van der Waals surface area contributed by atoms with Crippen molar-refractivity contribution < 1.29 is 44.0 Å². The molecule has 0 radical (unpaired) electrons. The predicted octanol–water partition coefficient (Wildman–Crippen LogP) is 3.90. The Hall–Kier alpha value is -3.67. The Labute approximate surface area is 210 Å². The molecule has 4 aromatic rings. The van der Waals surface area contributed by atoms with Crippen LogP contribution in [0.3, 0.4) is 0 Å². The molecule has 0 aliphatic carbocycles. The van der Waals surface area contributed by atoms with Gasteiger partial charge in [0, 0.05) is 28.9 Å². The van der Waals surface area contributed by atoms with E-state index < -0.39 is 61.5 Å². The number of azo groups is 1. The second kappa shape index (κ2) is 9.02. The van der Waals surface area contributed by atoms with Gasteiger partial charge in [-0.1, -0.05) is 18.2 Å². The first-order valence-corrected chi connectivity index (χ1v) is 14.3. The highest BCUT2D eigenvalue weighted by molar-refractivity contribution is 7.87. The lowest BCUT2D eigenvalue weighted by Crippen LogP contribution is -2.08. The smallest absolute Gasteiger partial charge is 0.297 e. The topological polar surface area (TPSA) is 220 Å². The molecule has 16 heteroatoms. The monoisotopic (exact) mass is 567 g/mol. The zero-order valence-electron chi connectivity index (χ0n) is 18.6. The summed E-state index contributed by atoms with van der Waals surface area (Å²) in [6.45, 7) is 0. The van der Waals surface area contributed by atoms with Gasteiger partial charge in [0.1, 0.15) is 26.1 Å². The molecule has 0 bridgehead atoms. The summed E-state index contributed by atoms with van der Waals surface area (Å²) in [5, 5.41) is 20.7. The number of rotatable bonds is 6. The van der Waals surface area contributed by atoms with Crippen molar-refractivity contribution in [3.63, 3.8) is 0 Å². The van der Waals surface area contributed by atoms with E-state index in [4.69, 9.17) is 0 Å². The number of nitrogens with one attached hydrogen (secondary N) is 1. The largest absolute Gasteiger partial charge is 0.505 e. The number of anilines is 1. The number of aromatic hydroxyl groups is 1. The summed E-state index contributed by atoms with van der Waals surface area (Å²) in [6, 6.07) is 11.3. The second-order valence-corrected chi connectivity index (χ2v) is 11.8. The van der Waals surface area contributed by atoms with Crippen molar-refractivity contribution in [2.24, 2.45) is 10.2 Å². The van der Waals surface area contributed by atoms with E-state index in [1.54, 1.807) is 31.3 Å². The van der Waals surface area contributed by atoms with Gasteiger partial charge >= 0.3 is 0 Å². The molecule has 13 nitrogen and oxygen atoms in total. The Kier molecular flexibility index (Phi) is 6.43. The molecule has 0 fully saturated rings. The normalized spacial score (nSPS) is 13.0. The van der Waals surface area contributed by atoms with Gasteiger partial charge in [-0.2, -0.15) is 25.3 Å². The fraction of sp³-hybridized carbons (Fsp3) is 0.0476. The lowest BCUT2D eigenvalue weighted by molar-refractivity contribution is 0.478. The molecule has 37 heavy (non-hydrogen) atoms. The zero-order chi connectivity index (χ0) is 27.3. The molecule has 0 heterocycles. The summed E-state index contributed by atoms with van der Waals surface area (Å²) in [7, 11) is -13.9. The van der Waals surface area contributed by atoms with Gasteiger partial charge in [-0.15, -0.1) is 10.2 Å². The van der Waals surface area contributed by atoms with Gasteiger partial charge in [-0.25, -0.2) is 0 Å². The molecule has 0 aliphatic rings. The molecule has 5 N–H and O–H groups in total. The van der Waals surface area contributed by atoms with E-state index in [9.17, 15) is 44.0 Å². The first kappa shape index (κ1) is 26.4. The van der Waals surface area contributed by atoms with Crippen molar-refractivity contribution >= 4 is 69.0 Å². The van der Waals surface area contributed by atoms with Crippen LogP contribution in [0.25, 0.3) is 21.5 Å². The number of phenolic OH excluding ortho intramolecular Hbond substituents is 1. The van der Waals surface area contributed by atoms with Crippen molar-refractivity contribution in [2.45, 2.75) is 14.7 Å². The number of benzene rings is 4. The number of nitrogens with zero attached hydrogens (tertiary/aromatic N) is 2. The first-order valence-electron chi connectivity index (χ1n) is 10.0. The fourth-order valence-electron chi connectivity index (χ4n) is 3.75. The third kappa shape index (κ3) is 4.97. The van der Waals surface area contributed by atoms with E-state index in [0.717, 1.165) is 23.9 Å². The van der Waals surface area contributed by atoms with Crippen LogP contribution in [-0.2, 0) is 30.4 Å². The Morgan fingerprint density at radius 1 is 0.703 bits per heavy atom. The highest BCUT2D eigenvalue weighted by Crippen LogP contribution is 2.42. The van der Waals surface area contributed by atoms with E-state index in [2.05, 4.69) is 15.5 Å². The number of hydrogen-bond acceptors (Lipinski definition) is 10.